The van der Waals surface area contributed by atoms with Gasteiger partial charge in [-0.05, 0) is 72.1 Å². The molecule has 3 aliphatic rings. The van der Waals surface area contributed by atoms with Crippen LogP contribution in [0.2, 0.25) is 0 Å². The predicted octanol–water partition coefficient (Wildman–Crippen LogP) is 4.43. The number of ether oxygens (including phenoxy) is 2. The highest BCUT2D eigenvalue weighted by Gasteiger charge is 2.44. The number of methoxy groups -OCH3 is 1. The maximum Gasteiger partial charge on any atom is 0.0650 e. The molecule has 3 rings (SSSR count). The number of likely N-dealkylation sites (N-methyl/N-ethyl adjacent to an activating group) is 1. The van der Waals surface area contributed by atoms with Crippen molar-refractivity contribution in [3.63, 3.8) is 0 Å². The van der Waals surface area contributed by atoms with Crippen molar-refractivity contribution >= 4 is 0 Å². The van der Waals surface area contributed by atoms with Gasteiger partial charge in [0, 0.05) is 25.3 Å². The van der Waals surface area contributed by atoms with Crippen LogP contribution in [0.25, 0.3) is 0 Å². The standard InChI is InChI=1S/C10H19NO.C7H15NO.2C2H6/c1-2-12-9-10-5-3-7-11(10)8-4-6-10;1-8-5-3-4-7(8)6-9-2;2*1-2/h2-9H2,1H3;7H,3-6H2,1-2H3;2*1-2H3. The third-order valence-corrected chi connectivity index (χ3v) is 5.42. The van der Waals surface area contributed by atoms with Crippen LogP contribution < -0.4 is 0 Å². The fourth-order valence-corrected chi connectivity index (χ4v) is 4.14. The van der Waals surface area contributed by atoms with Crippen LogP contribution in [-0.4, -0.2) is 75.0 Å². The van der Waals surface area contributed by atoms with Gasteiger partial charge in [0.05, 0.1) is 13.2 Å². The van der Waals surface area contributed by atoms with E-state index in [4.69, 9.17) is 9.47 Å². The van der Waals surface area contributed by atoms with Crippen molar-refractivity contribution in [2.75, 3.05) is 53.6 Å². The van der Waals surface area contributed by atoms with Crippen LogP contribution in [0.5, 0.6) is 0 Å². The van der Waals surface area contributed by atoms with Crippen molar-refractivity contribution < 1.29 is 9.47 Å². The van der Waals surface area contributed by atoms with Gasteiger partial charge in [-0.3, -0.25) is 4.90 Å². The molecular formula is C21H46N2O2. The summed E-state index contributed by atoms with van der Waals surface area (Å²) in [5.41, 5.74) is 0.468. The summed E-state index contributed by atoms with van der Waals surface area (Å²) >= 11 is 0. The predicted molar refractivity (Wildman–Crippen MR) is 109 cm³/mol. The summed E-state index contributed by atoms with van der Waals surface area (Å²) in [6, 6.07) is 0.690. The highest BCUT2D eigenvalue weighted by molar-refractivity contribution is 4.99. The Labute approximate surface area is 158 Å². The zero-order valence-corrected chi connectivity index (χ0v) is 18.3. The summed E-state index contributed by atoms with van der Waals surface area (Å²) in [5, 5.41) is 0. The molecule has 25 heavy (non-hydrogen) atoms. The Kier molecular flexibility index (Phi) is 14.9. The fourth-order valence-electron chi connectivity index (χ4n) is 4.14. The van der Waals surface area contributed by atoms with Crippen LogP contribution in [0.4, 0.5) is 0 Å². The normalized spacial score (nSPS) is 24.4. The average molecular weight is 359 g/mol. The molecule has 3 fully saturated rings. The van der Waals surface area contributed by atoms with E-state index < -0.39 is 0 Å². The van der Waals surface area contributed by atoms with Crippen LogP contribution in [-0.2, 0) is 9.47 Å². The first-order valence-corrected chi connectivity index (χ1v) is 10.7. The van der Waals surface area contributed by atoms with Crippen LogP contribution in [0.3, 0.4) is 0 Å². The minimum absolute atomic E-state index is 0.468. The second-order valence-electron chi connectivity index (χ2n) is 6.79. The largest absolute Gasteiger partial charge is 0.383 e. The summed E-state index contributed by atoms with van der Waals surface area (Å²) in [4.78, 5) is 5.01. The van der Waals surface area contributed by atoms with Crippen molar-refractivity contribution in [2.24, 2.45) is 0 Å². The van der Waals surface area contributed by atoms with Gasteiger partial charge in [0.2, 0.25) is 0 Å². The summed E-state index contributed by atoms with van der Waals surface area (Å²) in [6.45, 7) is 16.7. The quantitative estimate of drug-likeness (QED) is 0.726. The van der Waals surface area contributed by atoms with Crippen LogP contribution >= 0.6 is 0 Å². The summed E-state index contributed by atoms with van der Waals surface area (Å²) in [5.74, 6) is 0. The Hall–Kier alpha value is -0.160. The van der Waals surface area contributed by atoms with E-state index in [0.29, 0.717) is 11.6 Å². The van der Waals surface area contributed by atoms with Crippen molar-refractivity contribution in [1.82, 2.24) is 9.80 Å². The molecule has 0 radical (unpaired) electrons. The van der Waals surface area contributed by atoms with Crippen molar-refractivity contribution in [2.45, 2.75) is 84.7 Å². The third kappa shape index (κ3) is 7.94. The minimum Gasteiger partial charge on any atom is -0.383 e. The maximum absolute atomic E-state index is 5.58. The second kappa shape index (κ2) is 15.0. The van der Waals surface area contributed by atoms with E-state index in [-0.39, 0.29) is 0 Å². The molecule has 3 heterocycles. The highest BCUT2D eigenvalue weighted by atomic mass is 16.5. The lowest BCUT2D eigenvalue weighted by Gasteiger charge is -2.31. The van der Waals surface area contributed by atoms with Crippen LogP contribution in [0.15, 0.2) is 0 Å². The summed E-state index contributed by atoms with van der Waals surface area (Å²) in [6.07, 6.45) is 8.15. The number of rotatable bonds is 5. The molecule has 0 saturated carbocycles. The summed E-state index contributed by atoms with van der Waals surface area (Å²) in [7, 11) is 3.93. The lowest BCUT2D eigenvalue weighted by molar-refractivity contribution is 0.0417. The molecule has 1 unspecified atom stereocenters. The molecule has 4 nitrogen and oxygen atoms in total. The van der Waals surface area contributed by atoms with E-state index >= 15 is 0 Å². The number of likely N-dealkylation sites (tertiary alicyclic amines) is 1. The van der Waals surface area contributed by atoms with E-state index in [2.05, 4.69) is 23.8 Å². The molecule has 0 aromatic rings. The Morgan fingerprint density at radius 3 is 2.00 bits per heavy atom. The number of hydrogen-bond donors (Lipinski definition) is 0. The minimum atomic E-state index is 0.468. The van der Waals surface area contributed by atoms with Gasteiger partial charge in [0.15, 0.2) is 0 Å². The van der Waals surface area contributed by atoms with Gasteiger partial charge in [0.1, 0.15) is 0 Å². The van der Waals surface area contributed by atoms with E-state index in [9.17, 15) is 0 Å². The number of hydrogen-bond acceptors (Lipinski definition) is 4. The molecule has 4 heteroatoms. The average Bonchev–Trinajstić information content (AvgIpc) is 3.34. The Morgan fingerprint density at radius 1 is 0.960 bits per heavy atom. The molecule has 3 aliphatic heterocycles. The molecule has 1 atom stereocenters. The smallest absolute Gasteiger partial charge is 0.0650 e. The van der Waals surface area contributed by atoms with Crippen molar-refractivity contribution in [3.05, 3.63) is 0 Å². The molecule has 0 bridgehead atoms. The molecule has 0 aromatic carbocycles. The molecule has 152 valence electrons. The lowest BCUT2D eigenvalue weighted by Crippen LogP contribution is -2.42. The zero-order chi connectivity index (χ0) is 19.1. The zero-order valence-electron chi connectivity index (χ0n) is 18.3. The number of fused-ring (bicyclic) bond motifs is 1. The van der Waals surface area contributed by atoms with Crippen molar-refractivity contribution in [1.29, 1.82) is 0 Å². The van der Waals surface area contributed by atoms with Crippen molar-refractivity contribution in [3.8, 4) is 0 Å². The fraction of sp³-hybridized carbons (Fsp3) is 1.00. The molecule has 0 spiro atoms. The topological polar surface area (TPSA) is 24.9 Å². The molecule has 3 saturated heterocycles. The molecule has 0 aromatic heterocycles. The maximum atomic E-state index is 5.58. The van der Waals surface area contributed by atoms with Gasteiger partial charge in [0.25, 0.3) is 0 Å². The molecular weight excluding hydrogens is 312 g/mol. The SMILES string of the molecule is CC.CC.CCOCC12CCCN1CCC2.COCC1CCCN1C. The van der Waals surface area contributed by atoms with Crippen LogP contribution in [0.1, 0.15) is 73.1 Å². The molecule has 0 aliphatic carbocycles. The molecule has 0 amide bonds. The van der Waals surface area contributed by atoms with Gasteiger partial charge >= 0.3 is 0 Å². The highest BCUT2D eigenvalue weighted by Crippen LogP contribution is 2.38. The molecule has 0 N–H and O–H groups in total. The van der Waals surface area contributed by atoms with E-state index in [0.717, 1.165) is 19.8 Å². The Bertz CT molecular complexity index is 290. The van der Waals surface area contributed by atoms with Gasteiger partial charge in [-0.2, -0.15) is 0 Å². The first-order valence-electron chi connectivity index (χ1n) is 10.7. The second-order valence-corrected chi connectivity index (χ2v) is 6.79. The Morgan fingerprint density at radius 2 is 1.56 bits per heavy atom. The summed E-state index contributed by atoms with van der Waals surface area (Å²) < 4.78 is 10.6. The van der Waals surface area contributed by atoms with Gasteiger partial charge in [-0.25, -0.2) is 0 Å². The third-order valence-electron chi connectivity index (χ3n) is 5.42. The van der Waals surface area contributed by atoms with E-state index in [1.807, 2.05) is 27.7 Å². The Balaban J connectivity index is 0.000000396. The van der Waals surface area contributed by atoms with Gasteiger partial charge < -0.3 is 14.4 Å². The van der Waals surface area contributed by atoms with Gasteiger partial charge in [-0.1, -0.05) is 27.7 Å². The van der Waals surface area contributed by atoms with Crippen LogP contribution in [0, 0.1) is 0 Å². The van der Waals surface area contributed by atoms with E-state index in [1.165, 1.54) is 58.2 Å². The first kappa shape index (κ1) is 24.8. The first-order chi connectivity index (χ1) is 12.2. The van der Waals surface area contributed by atoms with E-state index in [1.54, 1.807) is 7.11 Å². The lowest BCUT2D eigenvalue weighted by atomic mass is 9.95. The van der Waals surface area contributed by atoms with Gasteiger partial charge in [-0.15, -0.1) is 0 Å². The monoisotopic (exact) mass is 358 g/mol. The number of nitrogens with zero attached hydrogens (tertiary/aromatic N) is 2.